The normalized spacial score (nSPS) is 15.6. The van der Waals surface area contributed by atoms with E-state index in [2.05, 4.69) is 10.0 Å². The van der Waals surface area contributed by atoms with Crippen molar-refractivity contribution in [3.63, 3.8) is 0 Å². The van der Waals surface area contributed by atoms with E-state index in [9.17, 15) is 18.0 Å². The maximum absolute atomic E-state index is 11.7. The van der Waals surface area contributed by atoms with Crippen molar-refractivity contribution >= 4 is 21.9 Å². The fraction of sp³-hybridized carbons (Fsp3) is 0.818. The van der Waals surface area contributed by atoms with Crippen molar-refractivity contribution in [2.45, 2.75) is 33.2 Å². The van der Waals surface area contributed by atoms with Gasteiger partial charge in [-0.05, 0) is 13.8 Å². The van der Waals surface area contributed by atoms with Crippen LogP contribution in [-0.4, -0.2) is 43.7 Å². The number of carbonyl (C=O) groups excluding carboxylic acids is 1. The smallest absolute Gasteiger partial charge is 0.307 e. The van der Waals surface area contributed by atoms with E-state index in [4.69, 9.17) is 5.11 Å². The molecule has 112 valence electrons. The van der Waals surface area contributed by atoms with Crippen molar-refractivity contribution in [2.24, 2.45) is 11.8 Å². The number of hydrogen-bond donors (Lipinski definition) is 3. The lowest BCUT2D eigenvalue weighted by molar-refractivity contribution is -0.146. The maximum atomic E-state index is 11.7. The SMILES string of the molecule is CC(C(=O)O)C(C)C(=O)NCC(C)(C)NS(C)(=O)=O. The molecule has 0 aliphatic carbocycles. The van der Waals surface area contributed by atoms with Crippen LogP contribution in [0.2, 0.25) is 0 Å². The lowest BCUT2D eigenvalue weighted by atomic mass is 9.95. The number of rotatable bonds is 7. The van der Waals surface area contributed by atoms with Gasteiger partial charge in [0.25, 0.3) is 0 Å². The molecular formula is C11H22N2O5S. The van der Waals surface area contributed by atoms with Crippen LogP contribution in [0.15, 0.2) is 0 Å². The quantitative estimate of drug-likeness (QED) is 0.601. The Morgan fingerprint density at radius 3 is 2.05 bits per heavy atom. The number of carboxylic acids is 1. The van der Waals surface area contributed by atoms with Crippen LogP contribution in [0, 0.1) is 11.8 Å². The van der Waals surface area contributed by atoms with E-state index < -0.39 is 39.3 Å². The molecule has 2 unspecified atom stereocenters. The molecule has 8 heteroatoms. The second-order valence-corrected chi connectivity index (χ2v) is 7.14. The highest BCUT2D eigenvalue weighted by Crippen LogP contribution is 2.11. The van der Waals surface area contributed by atoms with Crippen LogP contribution in [0.1, 0.15) is 27.7 Å². The molecule has 2 atom stereocenters. The third-order valence-electron chi connectivity index (χ3n) is 2.72. The van der Waals surface area contributed by atoms with E-state index in [-0.39, 0.29) is 6.54 Å². The van der Waals surface area contributed by atoms with Gasteiger partial charge in [-0.3, -0.25) is 9.59 Å². The van der Waals surface area contributed by atoms with Gasteiger partial charge in [0.1, 0.15) is 0 Å². The number of aliphatic carboxylic acids is 1. The van der Waals surface area contributed by atoms with E-state index in [0.29, 0.717) is 0 Å². The molecule has 3 N–H and O–H groups in total. The topological polar surface area (TPSA) is 113 Å². The van der Waals surface area contributed by atoms with Crippen molar-refractivity contribution in [1.29, 1.82) is 0 Å². The van der Waals surface area contributed by atoms with Crippen LogP contribution < -0.4 is 10.0 Å². The highest BCUT2D eigenvalue weighted by atomic mass is 32.2. The third kappa shape index (κ3) is 7.12. The molecule has 0 saturated heterocycles. The third-order valence-corrected chi connectivity index (χ3v) is 3.64. The zero-order chi connectivity index (χ0) is 15.4. The van der Waals surface area contributed by atoms with Crippen LogP contribution in [0.25, 0.3) is 0 Å². The number of nitrogens with one attached hydrogen (secondary N) is 2. The van der Waals surface area contributed by atoms with Crippen LogP contribution >= 0.6 is 0 Å². The number of sulfonamides is 1. The molecule has 0 fully saturated rings. The zero-order valence-corrected chi connectivity index (χ0v) is 12.7. The molecule has 0 bridgehead atoms. The van der Waals surface area contributed by atoms with Crippen LogP contribution in [0.5, 0.6) is 0 Å². The van der Waals surface area contributed by atoms with Crippen LogP contribution in [0.3, 0.4) is 0 Å². The second-order valence-electron chi connectivity index (χ2n) is 5.39. The standard InChI is InChI=1S/C11H22N2O5S/c1-7(8(2)10(15)16)9(14)12-6-11(3,4)13-19(5,17)18/h7-8,13H,6H2,1-5H3,(H,12,14)(H,15,16). The number of carbonyl (C=O) groups is 2. The minimum atomic E-state index is -3.38. The summed E-state index contributed by atoms with van der Waals surface area (Å²) < 4.78 is 24.6. The number of amides is 1. The molecule has 0 heterocycles. The minimum Gasteiger partial charge on any atom is -0.481 e. The monoisotopic (exact) mass is 294 g/mol. The maximum Gasteiger partial charge on any atom is 0.307 e. The predicted octanol–water partition coefficient (Wildman–Crippen LogP) is -0.213. The van der Waals surface area contributed by atoms with E-state index in [1.165, 1.54) is 13.8 Å². The van der Waals surface area contributed by atoms with E-state index in [1.54, 1.807) is 13.8 Å². The van der Waals surface area contributed by atoms with E-state index in [0.717, 1.165) is 6.26 Å². The Balaban J connectivity index is 4.48. The van der Waals surface area contributed by atoms with Crippen LogP contribution in [0.4, 0.5) is 0 Å². The molecule has 0 spiro atoms. The first-order valence-electron chi connectivity index (χ1n) is 5.85. The average molecular weight is 294 g/mol. The Kier molecular flexibility index (Phi) is 5.95. The molecule has 0 radical (unpaired) electrons. The summed E-state index contributed by atoms with van der Waals surface area (Å²) in [6, 6.07) is 0. The number of carboxylic acid groups (broad SMARTS) is 1. The van der Waals surface area contributed by atoms with Crippen molar-refractivity contribution in [3.05, 3.63) is 0 Å². The first kappa shape index (κ1) is 17.8. The Hall–Kier alpha value is -1.15. The average Bonchev–Trinajstić information content (AvgIpc) is 2.20. The summed E-state index contributed by atoms with van der Waals surface area (Å²) in [4.78, 5) is 22.5. The van der Waals surface area contributed by atoms with Crippen molar-refractivity contribution in [2.75, 3.05) is 12.8 Å². The fourth-order valence-corrected chi connectivity index (χ4v) is 2.52. The minimum absolute atomic E-state index is 0.0790. The molecule has 0 rings (SSSR count). The summed E-state index contributed by atoms with van der Waals surface area (Å²) in [6.07, 6.45) is 1.03. The molecule has 0 aliphatic heterocycles. The van der Waals surface area contributed by atoms with Gasteiger partial charge in [-0.15, -0.1) is 0 Å². The first-order valence-corrected chi connectivity index (χ1v) is 7.74. The summed E-state index contributed by atoms with van der Waals surface area (Å²) in [5.74, 6) is -2.95. The fourth-order valence-electron chi connectivity index (χ4n) is 1.45. The molecule has 1 amide bonds. The van der Waals surface area contributed by atoms with Crippen molar-refractivity contribution in [1.82, 2.24) is 10.0 Å². The van der Waals surface area contributed by atoms with Crippen molar-refractivity contribution in [3.8, 4) is 0 Å². The molecule has 0 saturated carbocycles. The summed E-state index contributed by atoms with van der Waals surface area (Å²) in [5, 5.41) is 11.4. The summed E-state index contributed by atoms with van der Waals surface area (Å²) in [7, 11) is -3.38. The Morgan fingerprint density at radius 2 is 1.68 bits per heavy atom. The van der Waals surface area contributed by atoms with Gasteiger partial charge in [-0.25, -0.2) is 13.1 Å². The van der Waals surface area contributed by atoms with Gasteiger partial charge in [0.15, 0.2) is 0 Å². The van der Waals surface area contributed by atoms with Gasteiger partial charge < -0.3 is 10.4 Å². The molecule has 0 aliphatic rings. The Morgan fingerprint density at radius 1 is 1.21 bits per heavy atom. The largest absolute Gasteiger partial charge is 0.481 e. The van der Waals surface area contributed by atoms with Gasteiger partial charge >= 0.3 is 5.97 Å². The summed E-state index contributed by atoms with van der Waals surface area (Å²) >= 11 is 0. The molecular weight excluding hydrogens is 272 g/mol. The van der Waals surface area contributed by atoms with Gasteiger partial charge in [-0.2, -0.15) is 0 Å². The second kappa shape index (κ2) is 6.33. The Labute approximate surface area is 113 Å². The van der Waals surface area contributed by atoms with Gasteiger partial charge in [-0.1, -0.05) is 13.8 Å². The van der Waals surface area contributed by atoms with Gasteiger partial charge in [0.2, 0.25) is 15.9 Å². The number of hydrogen-bond acceptors (Lipinski definition) is 4. The lowest BCUT2D eigenvalue weighted by Crippen LogP contribution is -2.52. The molecule has 0 aromatic rings. The van der Waals surface area contributed by atoms with Gasteiger partial charge in [0.05, 0.1) is 12.2 Å². The predicted molar refractivity (Wildman–Crippen MR) is 71.0 cm³/mol. The van der Waals surface area contributed by atoms with Gasteiger partial charge in [0, 0.05) is 18.0 Å². The lowest BCUT2D eigenvalue weighted by Gasteiger charge is -2.26. The Bertz CT molecular complexity index is 444. The molecule has 19 heavy (non-hydrogen) atoms. The first-order chi connectivity index (χ1) is 8.36. The summed E-state index contributed by atoms with van der Waals surface area (Å²) in [6.45, 7) is 6.30. The van der Waals surface area contributed by atoms with E-state index >= 15 is 0 Å². The highest BCUT2D eigenvalue weighted by Gasteiger charge is 2.28. The molecule has 7 nitrogen and oxygen atoms in total. The highest BCUT2D eigenvalue weighted by molar-refractivity contribution is 7.88. The zero-order valence-electron chi connectivity index (χ0n) is 11.9. The summed E-state index contributed by atoms with van der Waals surface area (Å²) in [5.41, 5.74) is -0.838. The van der Waals surface area contributed by atoms with Crippen molar-refractivity contribution < 1.29 is 23.1 Å². The van der Waals surface area contributed by atoms with E-state index in [1.807, 2.05) is 0 Å². The molecule has 0 aromatic carbocycles. The molecule has 0 aromatic heterocycles. The van der Waals surface area contributed by atoms with Crippen LogP contribution in [-0.2, 0) is 19.6 Å².